The second-order valence-electron chi connectivity index (χ2n) is 3.64. The Hall–Kier alpha value is -1.88. The maximum absolute atomic E-state index is 11.9. The average Bonchev–Trinajstić information content (AvgIpc) is 2.40. The molecule has 1 rings (SSSR count). The molecule has 0 aliphatic heterocycles. The van der Waals surface area contributed by atoms with Crippen molar-refractivity contribution in [3.8, 4) is 0 Å². The van der Waals surface area contributed by atoms with Crippen LogP contribution in [0.15, 0.2) is 30.3 Å². The molecule has 1 unspecified atom stereocenters. The minimum atomic E-state index is -0.663. The monoisotopic (exact) mass is 251 g/mol. The van der Waals surface area contributed by atoms with Gasteiger partial charge in [-0.25, -0.2) is 0 Å². The molecule has 0 aliphatic rings. The van der Waals surface area contributed by atoms with Gasteiger partial charge in [0, 0.05) is 13.7 Å². The van der Waals surface area contributed by atoms with Gasteiger partial charge in [-0.2, -0.15) is 0 Å². The number of rotatable bonds is 6. The number of ether oxygens (including phenoxy) is 2. The highest BCUT2D eigenvalue weighted by Crippen LogP contribution is 2.15. The van der Waals surface area contributed by atoms with E-state index < -0.39 is 6.10 Å². The van der Waals surface area contributed by atoms with Gasteiger partial charge in [0.1, 0.15) is 0 Å². The molecule has 98 valence electrons. The van der Waals surface area contributed by atoms with Crippen LogP contribution in [-0.4, -0.2) is 32.6 Å². The van der Waals surface area contributed by atoms with Gasteiger partial charge in [-0.3, -0.25) is 9.59 Å². The third-order valence-corrected chi connectivity index (χ3v) is 2.43. The van der Waals surface area contributed by atoms with E-state index in [4.69, 9.17) is 4.74 Å². The molecule has 1 amide bonds. The van der Waals surface area contributed by atoms with E-state index in [1.54, 1.807) is 0 Å². The Morgan fingerprint density at radius 2 is 1.89 bits per heavy atom. The highest BCUT2D eigenvalue weighted by atomic mass is 16.5. The van der Waals surface area contributed by atoms with Crippen molar-refractivity contribution in [1.29, 1.82) is 0 Å². The summed E-state index contributed by atoms with van der Waals surface area (Å²) in [7, 11) is 2.78. The summed E-state index contributed by atoms with van der Waals surface area (Å²) in [6, 6.07) is 9.17. The molecule has 0 radical (unpaired) electrons. The van der Waals surface area contributed by atoms with E-state index in [1.165, 1.54) is 14.2 Å². The summed E-state index contributed by atoms with van der Waals surface area (Å²) in [6.45, 7) is 0.234. The first-order valence-corrected chi connectivity index (χ1v) is 5.61. The van der Waals surface area contributed by atoms with Gasteiger partial charge in [0.15, 0.2) is 6.10 Å². The molecule has 1 aromatic carbocycles. The van der Waals surface area contributed by atoms with Crippen molar-refractivity contribution in [3.05, 3.63) is 35.9 Å². The van der Waals surface area contributed by atoms with E-state index in [0.29, 0.717) is 0 Å². The number of carbonyl (C=O) groups is 2. The Morgan fingerprint density at radius 3 is 2.44 bits per heavy atom. The first kappa shape index (κ1) is 14.2. The number of hydrogen-bond acceptors (Lipinski definition) is 4. The summed E-state index contributed by atoms with van der Waals surface area (Å²) < 4.78 is 9.64. The fourth-order valence-corrected chi connectivity index (χ4v) is 1.50. The van der Waals surface area contributed by atoms with Crippen LogP contribution in [0.25, 0.3) is 0 Å². The van der Waals surface area contributed by atoms with Crippen LogP contribution in [0.1, 0.15) is 18.1 Å². The van der Waals surface area contributed by atoms with Gasteiger partial charge >= 0.3 is 5.97 Å². The molecule has 0 spiro atoms. The summed E-state index contributed by atoms with van der Waals surface area (Å²) >= 11 is 0. The Bertz CT molecular complexity index is 391. The quantitative estimate of drug-likeness (QED) is 0.768. The molecule has 0 bridgehead atoms. The maximum Gasteiger partial charge on any atom is 0.307 e. The summed E-state index contributed by atoms with van der Waals surface area (Å²) in [4.78, 5) is 22.8. The lowest BCUT2D eigenvalue weighted by Gasteiger charge is -2.15. The van der Waals surface area contributed by atoms with Crippen LogP contribution in [0, 0.1) is 0 Å². The third-order valence-electron chi connectivity index (χ3n) is 2.43. The standard InChI is InChI=1S/C13H17NO4/c1-17-11(15)8-9-14-13(16)12(18-2)10-6-4-3-5-7-10/h3-7,12H,8-9H2,1-2H3,(H,14,16). The van der Waals surface area contributed by atoms with Crippen molar-refractivity contribution in [2.24, 2.45) is 0 Å². The van der Waals surface area contributed by atoms with Crippen molar-refractivity contribution < 1.29 is 19.1 Å². The first-order valence-electron chi connectivity index (χ1n) is 5.61. The molecule has 1 aromatic rings. The lowest BCUT2D eigenvalue weighted by atomic mass is 10.1. The third kappa shape index (κ3) is 4.18. The van der Waals surface area contributed by atoms with Crippen LogP contribution in [0.5, 0.6) is 0 Å². The van der Waals surface area contributed by atoms with Gasteiger partial charge in [-0.1, -0.05) is 30.3 Å². The van der Waals surface area contributed by atoms with Gasteiger partial charge in [0.2, 0.25) is 0 Å². The van der Waals surface area contributed by atoms with Gasteiger partial charge < -0.3 is 14.8 Å². The molecule has 1 atom stereocenters. The summed E-state index contributed by atoms with van der Waals surface area (Å²) in [5, 5.41) is 2.63. The zero-order valence-electron chi connectivity index (χ0n) is 10.5. The first-order chi connectivity index (χ1) is 8.69. The number of carbonyl (C=O) groups excluding carboxylic acids is 2. The van der Waals surface area contributed by atoms with E-state index in [1.807, 2.05) is 30.3 Å². The van der Waals surface area contributed by atoms with Gasteiger partial charge in [0.05, 0.1) is 13.5 Å². The predicted molar refractivity (Wildman–Crippen MR) is 65.8 cm³/mol. The second kappa shape index (κ2) is 7.45. The molecular weight excluding hydrogens is 234 g/mol. The lowest BCUT2D eigenvalue weighted by Crippen LogP contribution is -2.32. The SMILES string of the molecule is COC(=O)CCNC(=O)C(OC)c1ccccc1. The van der Waals surface area contributed by atoms with Crippen molar-refractivity contribution in [2.45, 2.75) is 12.5 Å². The van der Waals surface area contributed by atoms with Crippen molar-refractivity contribution in [1.82, 2.24) is 5.32 Å². The molecule has 5 heteroatoms. The van der Waals surface area contributed by atoms with Crippen molar-refractivity contribution in [2.75, 3.05) is 20.8 Å². The van der Waals surface area contributed by atoms with E-state index in [-0.39, 0.29) is 24.8 Å². The Kier molecular flexibility index (Phi) is 5.87. The Balaban J connectivity index is 2.51. The van der Waals surface area contributed by atoms with Crippen LogP contribution in [0.3, 0.4) is 0 Å². The van der Waals surface area contributed by atoms with Gasteiger partial charge in [0.25, 0.3) is 5.91 Å². The molecule has 1 N–H and O–H groups in total. The smallest absolute Gasteiger partial charge is 0.307 e. The van der Waals surface area contributed by atoms with Crippen LogP contribution in [0.2, 0.25) is 0 Å². The molecule has 0 heterocycles. The molecule has 18 heavy (non-hydrogen) atoms. The summed E-state index contributed by atoms with van der Waals surface area (Å²) in [5.41, 5.74) is 0.774. The fourth-order valence-electron chi connectivity index (χ4n) is 1.50. The van der Waals surface area contributed by atoms with Gasteiger partial charge in [-0.15, -0.1) is 0 Å². The topological polar surface area (TPSA) is 64.6 Å². The van der Waals surface area contributed by atoms with Crippen LogP contribution in [0.4, 0.5) is 0 Å². The Morgan fingerprint density at radius 1 is 1.22 bits per heavy atom. The zero-order valence-corrected chi connectivity index (χ0v) is 10.5. The zero-order chi connectivity index (χ0) is 13.4. The van der Waals surface area contributed by atoms with Crippen molar-refractivity contribution >= 4 is 11.9 Å². The molecule has 0 saturated heterocycles. The van der Waals surface area contributed by atoms with E-state index in [0.717, 1.165) is 5.56 Å². The minimum Gasteiger partial charge on any atom is -0.469 e. The number of nitrogens with one attached hydrogen (secondary N) is 1. The van der Waals surface area contributed by atoms with Crippen LogP contribution >= 0.6 is 0 Å². The van der Waals surface area contributed by atoms with E-state index >= 15 is 0 Å². The number of esters is 1. The summed E-state index contributed by atoms with van der Waals surface area (Å²) in [5.74, 6) is -0.628. The molecule has 0 saturated carbocycles. The minimum absolute atomic E-state index is 0.146. The lowest BCUT2D eigenvalue weighted by molar-refractivity contribution is -0.140. The molecular formula is C13H17NO4. The highest BCUT2D eigenvalue weighted by Gasteiger charge is 2.19. The Labute approximate surface area is 106 Å². The highest BCUT2D eigenvalue weighted by molar-refractivity contribution is 5.82. The molecule has 0 aliphatic carbocycles. The normalized spacial score (nSPS) is 11.7. The van der Waals surface area contributed by atoms with Crippen LogP contribution in [-0.2, 0) is 19.1 Å². The maximum atomic E-state index is 11.9. The van der Waals surface area contributed by atoms with E-state index in [9.17, 15) is 9.59 Å². The molecule has 0 fully saturated rings. The average molecular weight is 251 g/mol. The second-order valence-corrected chi connectivity index (χ2v) is 3.64. The van der Waals surface area contributed by atoms with Crippen molar-refractivity contribution in [3.63, 3.8) is 0 Å². The number of hydrogen-bond donors (Lipinski definition) is 1. The van der Waals surface area contributed by atoms with E-state index in [2.05, 4.69) is 10.1 Å². The molecule has 0 aromatic heterocycles. The number of amides is 1. The number of benzene rings is 1. The summed E-state index contributed by atoms with van der Waals surface area (Å²) in [6.07, 6.45) is -0.517. The number of methoxy groups -OCH3 is 2. The van der Waals surface area contributed by atoms with Gasteiger partial charge in [-0.05, 0) is 5.56 Å². The molecule has 5 nitrogen and oxygen atoms in total. The largest absolute Gasteiger partial charge is 0.469 e. The fraction of sp³-hybridized carbons (Fsp3) is 0.385. The van der Waals surface area contributed by atoms with Crippen LogP contribution < -0.4 is 5.32 Å². The predicted octanol–water partition coefficient (Wildman–Crippen LogP) is 1.05.